The Morgan fingerprint density at radius 3 is 2.70 bits per heavy atom. The first-order valence-electron chi connectivity index (χ1n) is 9.17. The van der Waals surface area contributed by atoms with E-state index in [1.165, 1.54) is 36.5 Å². The van der Waals surface area contributed by atoms with Crippen LogP contribution in [0.1, 0.15) is 12.5 Å². The second kappa shape index (κ2) is 8.34. The molecule has 0 amide bonds. The highest BCUT2D eigenvalue weighted by atomic mass is 32.1. The van der Waals surface area contributed by atoms with Crippen molar-refractivity contribution in [3.8, 4) is 5.75 Å². The van der Waals surface area contributed by atoms with Gasteiger partial charge in [0, 0.05) is 29.0 Å². The molecule has 1 aromatic heterocycles. The first-order valence-corrected chi connectivity index (χ1v) is 9.99. The van der Waals surface area contributed by atoms with Crippen LogP contribution in [0.5, 0.6) is 5.75 Å². The highest BCUT2D eigenvalue weighted by Gasteiger charge is 2.16. The molecule has 0 bridgehead atoms. The normalized spacial score (nSPS) is 13.8. The maximum absolute atomic E-state index is 12.0. The number of carbonyl (C=O) groups excluding carboxylic acids is 3. The standard InChI is InChI=1S/C23H16N2O4S/c1-14(26)29-22-19-7-2-3-8-21(19)30-23(22)25-24-17-6-4-5-15(12-17)11-16-13-18(27)9-10-20(16)28/h2-10,12-13H,11H2,1H3/b25-24+. The fourth-order valence-corrected chi connectivity index (χ4v) is 4.01. The minimum atomic E-state index is -0.425. The molecule has 1 heterocycles. The highest BCUT2D eigenvalue weighted by molar-refractivity contribution is 7.23. The van der Waals surface area contributed by atoms with E-state index >= 15 is 0 Å². The van der Waals surface area contributed by atoms with Crippen LogP contribution in [0, 0.1) is 0 Å². The average Bonchev–Trinajstić information content (AvgIpc) is 3.06. The van der Waals surface area contributed by atoms with Gasteiger partial charge in [-0.15, -0.1) is 21.6 Å². The average molecular weight is 416 g/mol. The van der Waals surface area contributed by atoms with E-state index in [2.05, 4.69) is 10.2 Å². The lowest BCUT2D eigenvalue weighted by molar-refractivity contribution is -0.131. The number of thiophene rings is 1. The van der Waals surface area contributed by atoms with Gasteiger partial charge in [0.15, 0.2) is 22.3 Å². The molecule has 0 aliphatic heterocycles. The number of benzene rings is 2. The fraction of sp³-hybridized carbons (Fsp3) is 0.0870. The Morgan fingerprint density at radius 2 is 1.87 bits per heavy atom. The minimum Gasteiger partial charge on any atom is -0.423 e. The van der Waals surface area contributed by atoms with Crippen molar-refractivity contribution in [2.75, 3.05) is 0 Å². The Morgan fingerprint density at radius 1 is 1.03 bits per heavy atom. The summed E-state index contributed by atoms with van der Waals surface area (Å²) in [5.74, 6) is -0.390. The van der Waals surface area contributed by atoms with Crippen molar-refractivity contribution in [3.63, 3.8) is 0 Å². The molecule has 4 rings (SSSR count). The van der Waals surface area contributed by atoms with Crippen LogP contribution in [0.4, 0.5) is 10.7 Å². The van der Waals surface area contributed by atoms with Crippen LogP contribution in [-0.4, -0.2) is 17.5 Å². The van der Waals surface area contributed by atoms with Gasteiger partial charge in [0.05, 0.1) is 5.69 Å². The van der Waals surface area contributed by atoms with Crippen molar-refractivity contribution in [2.45, 2.75) is 13.3 Å². The Kier molecular flexibility index (Phi) is 5.45. The zero-order chi connectivity index (χ0) is 21.1. The number of nitrogens with zero attached hydrogens (tertiary/aromatic N) is 2. The third-order valence-corrected chi connectivity index (χ3v) is 5.41. The van der Waals surface area contributed by atoms with Crippen molar-refractivity contribution in [1.82, 2.24) is 0 Å². The summed E-state index contributed by atoms with van der Waals surface area (Å²) in [4.78, 5) is 35.0. The molecule has 30 heavy (non-hydrogen) atoms. The van der Waals surface area contributed by atoms with Gasteiger partial charge in [0.2, 0.25) is 0 Å². The Bertz CT molecular complexity index is 1270. The molecule has 0 atom stereocenters. The molecule has 0 saturated carbocycles. The molecule has 0 fully saturated rings. The molecule has 6 nitrogen and oxygen atoms in total. The van der Waals surface area contributed by atoms with Crippen LogP contribution in [0.3, 0.4) is 0 Å². The quantitative estimate of drug-likeness (QED) is 0.316. The zero-order valence-electron chi connectivity index (χ0n) is 16.0. The van der Waals surface area contributed by atoms with E-state index in [1.807, 2.05) is 36.4 Å². The molecule has 148 valence electrons. The third kappa shape index (κ3) is 4.31. The molecular weight excluding hydrogens is 400 g/mol. The van der Waals surface area contributed by atoms with Gasteiger partial charge in [0.1, 0.15) is 0 Å². The number of esters is 1. The van der Waals surface area contributed by atoms with Gasteiger partial charge in [-0.2, -0.15) is 0 Å². The SMILES string of the molecule is CC(=O)Oc1c(/N=N/c2cccc(CC3=CC(=O)C=CC3=O)c2)sc2ccccc12. The van der Waals surface area contributed by atoms with E-state index in [0.717, 1.165) is 15.6 Å². The van der Waals surface area contributed by atoms with E-state index in [0.29, 0.717) is 28.4 Å². The van der Waals surface area contributed by atoms with Crippen molar-refractivity contribution in [3.05, 3.63) is 77.9 Å². The van der Waals surface area contributed by atoms with Crippen LogP contribution in [0.25, 0.3) is 10.1 Å². The number of allylic oxidation sites excluding steroid dienone is 4. The van der Waals surface area contributed by atoms with Gasteiger partial charge in [-0.25, -0.2) is 0 Å². The highest BCUT2D eigenvalue weighted by Crippen LogP contribution is 2.44. The van der Waals surface area contributed by atoms with Crippen LogP contribution < -0.4 is 4.74 Å². The monoisotopic (exact) mass is 416 g/mol. The molecule has 7 heteroatoms. The summed E-state index contributed by atoms with van der Waals surface area (Å²) in [6, 6.07) is 14.8. The predicted molar refractivity (Wildman–Crippen MR) is 115 cm³/mol. The van der Waals surface area contributed by atoms with Gasteiger partial charge >= 0.3 is 5.97 Å². The lowest BCUT2D eigenvalue weighted by atomic mass is 9.96. The summed E-state index contributed by atoms with van der Waals surface area (Å²) in [5.41, 5.74) is 1.87. The van der Waals surface area contributed by atoms with Crippen LogP contribution in [0.2, 0.25) is 0 Å². The number of ketones is 2. The largest absolute Gasteiger partial charge is 0.423 e. The van der Waals surface area contributed by atoms with Crippen molar-refractivity contribution < 1.29 is 19.1 Å². The van der Waals surface area contributed by atoms with Gasteiger partial charge in [-0.1, -0.05) is 24.3 Å². The van der Waals surface area contributed by atoms with E-state index in [-0.39, 0.29) is 11.6 Å². The predicted octanol–water partition coefficient (Wildman–Crippen LogP) is 5.42. The summed E-state index contributed by atoms with van der Waals surface area (Å²) in [5, 5.41) is 9.89. The lowest BCUT2D eigenvalue weighted by Crippen LogP contribution is -2.09. The first-order chi connectivity index (χ1) is 14.5. The molecule has 0 saturated heterocycles. The summed E-state index contributed by atoms with van der Waals surface area (Å²) in [7, 11) is 0. The topological polar surface area (TPSA) is 85.2 Å². The molecule has 0 N–H and O–H groups in total. The second-order valence-corrected chi connectivity index (χ2v) is 7.67. The van der Waals surface area contributed by atoms with Crippen LogP contribution in [0.15, 0.2) is 82.6 Å². The zero-order valence-corrected chi connectivity index (χ0v) is 16.8. The maximum atomic E-state index is 12.0. The van der Waals surface area contributed by atoms with E-state index in [4.69, 9.17) is 4.74 Å². The van der Waals surface area contributed by atoms with Crippen molar-refractivity contribution >= 4 is 49.6 Å². The number of rotatable bonds is 5. The molecule has 0 radical (unpaired) electrons. The van der Waals surface area contributed by atoms with E-state index in [1.54, 1.807) is 12.1 Å². The molecule has 0 unspecified atom stereocenters. The molecule has 0 spiro atoms. The van der Waals surface area contributed by atoms with Crippen LogP contribution >= 0.6 is 11.3 Å². The molecule has 3 aromatic rings. The molecular formula is C23H16N2O4S. The number of carbonyl (C=O) groups is 3. The summed E-state index contributed by atoms with van der Waals surface area (Å²) in [6.07, 6.45) is 4.25. The number of hydrogen-bond acceptors (Lipinski definition) is 7. The Labute approximate surface area is 176 Å². The second-order valence-electron chi connectivity index (χ2n) is 6.64. The summed E-state index contributed by atoms with van der Waals surface area (Å²) in [6.45, 7) is 1.35. The molecule has 1 aliphatic carbocycles. The number of azo groups is 1. The number of hydrogen-bond donors (Lipinski definition) is 0. The third-order valence-electron chi connectivity index (χ3n) is 4.37. The number of fused-ring (bicyclic) bond motifs is 1. The van der Waals surface area contributed by atoms with Gasteiger partial charge in [-0.3, -0.25) is 14.4 Å². The van der Waals surface area contributed by atoms with E-state index in [9.17, 15) is 14.4 Å². The lowest BCUT2D eigenvalue weighted by Gasteiger charge is -2.07. The van der Waals surface area contributed by atoms with Gasteiger partial charge in [-0.05, 0) is 48.1 Å². The molecule has 1 aliphatic rings. The van der Waals surface area contributed by atoms with Gasteiger partial charge in [0.25, 0.3) is 0 Å². The Hall–Kier alpha value is -3.71. The fourth-order valence-electron chi connectivity index (χ4n) is 3.06. The first kappa shape index (κ1) is 19.6. The van der Waals surface area contributed by atoms with Crippen LogP contribution in [-0.2, 0) is 20.8 Å². The number of ether oxygens (including phenoxy) is 1. The van der Waals surface area contributed by atoms with Gasteiger partial charge < -0.3 is 4.74 Å². The minimum absolute atomic E-state index is 0.169. The van der Waals surface area contributed by atoms with Crippen molar-refractivity contribution in [2.24, 2.45) is 10.2 Å². The summed E-state index contributed by atoms with van der Waals surface area (Å²) >= 11 is 1.38. The summed E-state index contributed by atoms with van der Waals surface area (Å²) < 4.78 is 6.31. The smallest absolute Gasteiger partial charge is 0.308 e. The van der Waals surface area contributed by atoms with Crippen molar-refractivity contribution in [1.29, 1.82) is 0 Å². The van der Waals surface area contributed by atoms with E-state index < -0.39 is 5.97 Å². The Balaban J connectivity index is 1.61. The maximum Gasteiger partial charge on any atom is 0.308 e. The molecule has 2 aromatic carbocycles.